The molecule has 2 aliphatic rings. The lowest BCUT2D eigenvalue weighted by Crippen LogP contribution is -2.56. The largest absolute Gasteiger partial charge is 0.497 e. The second-order valence-electron chi connectivity index (χ2n) is 6.67. The number of hydrogen-bond donors (Lipinski definition) is 0. The van der Waals surface area contributed by atoms with E-state index in [2.05, 4.69) is 14.3 Å². The molecule has 1 aliphatic heterocycles. The van der Waals surface area contributed by atoms with E-state index in [1.54, 1.807) is 13.4 Å². The lowest BCUT2D eigenvalue weighted by Gasteiger charge is -2.46. The smallest absolute Gasteiger partial charge is 0.233 e. The van der Waals surface area contributed by atoms with Gasteiger partial charge >= 0.3 is 0 Å². The minimum atomic E-state index is -0.336. The molecule has 2 fully saturated rings. The molecule has 1 aromatic heterocycles. The lowest BCUT2D eigenvalue weighted by atomic mass is 9.63. The van der Waals surface area contributed by atoms with Crippen molar-refractivity contribution in [1.82, 2.24) is 14.3 Å². The molecule has 0 radical (unpaired) electrons. The highest BCUT2D eigenvalue weighted by molar-refractivity contribution is 7.09. The number of hydrogen-bond acceptors (Lipinski definition) is 6. The maximum atomic E-state index is 13.3. The Morgan fingerprint density at radius 1 is 1.16 bits per heavy atom. The number of aromatic nitrogens is 2. The average Bonchev–Trinajstić information content (AvgIpc) is 3.16. The Kier molecular flexibility index (Phi) is 4.33. The van der Waals surface area contributed by atoms with Crippen molar-refractivity contribution in [3.63, 3.8) is 0 Å². The van der Waals surface area contributed by atoms with Gasteiger partial charge in [-0.1, -0.05) is 18.6 Å². The van der Waals surface area contributed by atoms with Crippen molar-refractivity contribution in [2.45, 2.75) is 24.7 Å². The van der Waals surface area contributed by atoms with Crippen molar-refractivity contribution in [3.05, 3.63) is 36.2 Å². The highest BCUT2D eigenvalue weighted by Crippen LogP contribution is 2.45. The van der Waals surface area contributed by atoms with E-state index >= 15 is 0 Å². The predicted molar refractivity (Wildman–Crippen MR) is 97.2 cm³/mol. The van der Waals surface area contributed by atoms with E-state index in [9.17, 15) is 4.79 Å². The summed E-state index contributed by atoms with van der Waals surface area (Å²) >= 11 is 1.41. The Hall–Kier alpha value is -2.15. The number of nitrogens with zero attached hydrogens (tertiary/aromatic N) is 4. The van der Waals surface area contributed by atoms with Gasteiger partial charge in [-0.2, -0.15) is 4.37 Å². The van der Waals surface area contributed by atoms with Gasteiger partial charge in [0.15, 0.2) is 0 Å². The zero-order valence-electron chi connectivity index (χ0n) is 14.4. The Labute approximate surface area is 151 Å². The molecular formula is C18H22N4O2S. The van der Waals surface area contributed by atoms with Gasteiger partial charge in [-0.15, -0.1) is 0 Å². The molecule has 4 rings (SSSR count). The molecule has 25 heavy (non-hydrogen) atoms. The van der Waals surface area contributed by atoms with Crippen LogP contribution in [0.4, 0.5) is 5.13 Å². The molecule has 0 unspecified atom stereocenters. The van der Waals surface area contributed by atoms with E-state index in [-0.39, 0.29) is 11.3 Å². The zero-order chi connectivity index (χ0) is 17.3. The minimum absolute atomic E-state index is 0.279. The summed E-state index contributed by atoms with van der Waals surface area (Å²) in [6.07, 6.45) is 4.58. The number of anilines is 1. The number of amides is 1. The molecule has 1 amide bonds. The number of methoxy groups -OCH3 is 1. The van der Waals surface area contributed by atoms with Gasteiger partial charge in [0.25, 0.3) is 0 Å². The minimum Gasteiger partial charge on any atom is -0.497 e. The van der Waals surface area contributed by atoms with E-state index in [0.29, 0.717) is 0 Å². The monoisotopic (exact) mass is 358 g/mol. The normalized spacial score (nSPS) is 19.4. The molecule has 1 saturated heterocycles. The van der Waals surface area contributed by atoms with Gasteiger partial charge in [0, 0.05) is 37.7 Å². The van der Waals surface area contributed by atoms with Gasteiger partial charge < -0.3 is 14.5 Å². The van der Waals surface area contributed by atoms with Gasteiger partial charge in [0.1, 0.15) is 12.1 Å². The van der Waals surface area contributed by atoms with E-state index in [1.165, 1.54) is 11.5 Å². The molecule has 1 saturated carbocycles. The first-order valence-electron chi connectivity index (χ1n) is 8.68. The van der Waals surface area contributed by atoms with Crippen LogP contribution in [0.1, 0.15) is 24.8 Å². The van der Waals surface area contributed by atoms with Crippen LogP contribution >= 0.6 is 11.5 Å². The van der Waals surface area contributed by atoms with Crippen LogP contribution in [0.5, 0.6) is 5.75 Å². The topological polar surface area (TPSA) is 58.6 Å². The quantitative estimate of drug-likeness (QED) is 0.839. The van der Waals surface area contributed by atoms with Crippen LogP contribution in [0.3, 0.4) is 0 Å². The van der Waals surface area contributed by atoms with Gasteiger partial charge in [-0.05, 0) is 30.5 Å². The summed E-state index contributed by atoms with van der Waals surface area (Å²) in [7, 11) is 1.66. The first kappa shape index (κ1) is 16.3. The summed E-state index contributed by atoms with van der Waals surface area (Å²) in [4.78, 5) is 21.8. The summed E-state index contributed by atoms with van der Waals surface area (Å²) in [6.45, 7) is 3.13. The first-order chi connectivity index (χ1) is 12.2. The fraction of sp³-hybridized carbons (Fsp3) is 0.500. The SMILES string of the molecule is COc1ccc(C2(C(=O)N3CCN(c4ncns4)CC3)CCC2)cc1. The molecule has 2 heterocycles. The molecule has 6 nitrogen and oxygen atoms in total. The summed E-state index contributed by atoms with van der Waals surface area (Å²) in [6, 6.07) is 8.01. The number of carbonyl (C=O) groups is 1. The highest BCUT2D eigenvalue weighted by Gasteiger charge is 2.48. The van der Waals surface area contributed by atoms with Gasteiger partial charge in [0.2, 0.25) is 11.0 Å². The molecule has 0 bridgehead atoms. The van der Waals surface area contributed by atoms with E-state index in [1.807, 2.05) is 29.2 Å². The summed E-state index contributed by atoms with van der Waals surface area (Å²) in [5.41, 5.74) is 0.785. The van der Waals surface area contributed by atoms with Crippen LogP contribution in [0.25, 0.3) is 0 Å². The van der Waals surface area contributed by atoms with Crippen LogP contribution in [-0.2, 0) is 10.2 Å². The van der Waals surface area contributed by atoms with Crippen LogP contribution in [-0.4, -0.2) is 53.5 Å². The van der Waals surface area contributed by atoms with E-state index in [4.69, 9.17) is 4.74 Å². The molecule has 132 valence electrons. The van der Waals surface area contributed by atoms with Crippen LogP contribution < -0.4 is 9.64 Å². The standard InChI is InChI=1S/C18H22N4O2S/c1-24-15-5-3-14(4-6-15)18(7-2-8-18)16(23)21-9-11-22(12-10-21)17-19-13-20-25-17/h3-6,13H,2,7-12H2,1H3. The number of carbonyl (C=O) groups excluding carboxylic acids is 1. The number of piperazine rings is 1. The number of benzene rings is 1. The third kappa shape index (κ3) is 2.86. The van der Waals surface area contributed by atoms with Crippen molar-refractivity contribution in [2.24, 2.45) is 0 Å². The summed E-state index contributed by atoms with van der Waals surface area (Å²) < 4.78 is 9.31. The number of ether oxygens (including phenoxy) is 1. The molecule has 1 aromatic carbocycles. The highest BCUT2D eigenvalue weighted by atomic mass is 32.1. The van der Waals surface area contributed by atoms with Crippen molar-refractivity contribution < 1.29 is 9.53 Å². The van der Waals surface area contributed by atoms with Crippen molar-refractivity contribution in [1.29, 1.82) is 0 Å². The van der Waals surface area contributed by atoms with Crippen LogP contribution in [0.2, 0.25) is 0 Å². The third-order valence-electron chi connectivity index (χ3n) is 5.45. The van der Waals surface area contributed by atoms with Gasteiger partial charge in [0.05, 0.1) is 12.5 Å². The molecule has 0 atom stereocenters. The predicted octanol–water partition coefficient (Wildman–Crippen LogP) is 2.32. The molecule has 1 aliphatic carbocycles. The van der Waals surface area contributed by atoms with Crippen molar-refractivity contribution in [2.75, 3.05) is 38.2 Å². The van der Waals surface area contributed by atoms with Crippen LogP contribution in [0.15, 0.2) is 30.6 Å². The van der Waals surface area contributed by atoms with Crippen molar-refractivity contribution in [3.8, 4) is 5.75 Å². The van der Waals surface area contributed by atoms with Crippen molar-refractivity contribution >= 4 is 22.6 Å². The van der Waals surface area contributed by atoms with Gasteiger partial charge in [-0.25, -0.2) is 4.98 Å². The van der Waals surface area contributed by atoms with Crippen LogP contribution in [0, 0.1) is 0 Å². The third-order valence-corrected chi connectivity index (χ3v) is 6.17. The average molecular weight is 358 g/mol. The molecule has 0 N–H and O–H groups in total. The molecular weight excluding hydrogens is 336 g/mol. The molecule has 0 spiro atoms. The van der Waals surface area contributed by atoms with Gasteiger partial charge in [-0.3, -0.25) is 4.79 Å². The summed E-state index contributed by atoms with van der Waals surface area (Å²) in [5.74, 6) is 1.11. The maximum Gasteiger partial charge on any atom is 0.233 e. The second-order valence-corrected chi connectivity index (χ2v) is 7.43. The van der Waals surface area contributed by atoms with E-state index in [0.717, 1.165) is 61.9 Å². The zero-order valence-corrected chi connectivity index (χ0v) is 15.2. The Bertz CT molecular complexity index is 720. The number of rotatable bonds is 4. The Balaban J connectivity index is 1.47. The first-order valence-corrected chi connectivity index (χ1v) is 9.46. The Morgan fingerprint density at radius 3 is 2.40 bits per heavy atom. The fourth-order valence-electron chi connectivity index (χ4n) is 3.78. The van der Waals surface area contributed by atoms with E-state index < -0.39 is 0 Å². The summed E-state index contributed by atoms with van der Waals surface area (Å²) in [5, 5.41) is 0.945. The molecule has 7 heteroatoms. The fourth-order valence-corrected chi connectivity index (χ4v) is 4.36. The second kappa shape index (κ2) is 6.63. The Morgan fingerprint density at radius 2 is 1.88 bits per heavy atom. The lowest BCUT2D eigenvalue weighted by molar-refractivity contribution is -0.141. The maximum absolute atomic E-state index is 13.3. The molecule has 2 aromatic rings.